The first-order chi connectivity index (χ1) is 9.74. The van der Waals surface area contributed by atoms with E-state index in [9.17, 15) is 0 Å². The third-order valence-electron chi connectivity index (χ3n) is 2.78. The quantitative estimate of drug-likeness (QED) is 0.479. The lowest BCUT2D eigenvalue weighted by Gasteiger charge is -1.96. The lowest BCUT2D eigenvalue weighted by Crippen LogP contribution is -1.80. The van der Waals surface area contributed by atoms with E-state index in [-0.39, 0.29) is 0 Å². The minimum atomic E-state index is 0.756. The zero-order valence-corrected chi connectivity index (χ0v) is 13.7. The van der Waals surface area contributed by atoms with Gasteiger partial charge in [-0.15, -0.1) is 0 Å². The number of aromatic nitrogens is 1. The van der Waals surface area contributed by atoms with Gasteiger partial charge in [-0.25, -0.2) is 9.98 Å². The molecule has 0 saturated carbocycles. The van der Waals surface area contributed by atoms with Crippen molar-refractivity contribution < 1.29 is 4.74 Å². The number of halogens is 1. The molecular weight excluding hydrogens is 383 g/mol. The number of hydrogen-bond donors (Lipinski definition) is 0. The smallest absolute Gasteiger partial charge is 0.210 e. The molecule has 1 heterocycles. The fourth-order valence-corrected chi connectivity index (χ4v) is 2.95. The Bertz CT molecular complexity index is 765. The Kier molecular flexibility index (Phi) is 3.98. The van der Waals surface area contributed by atoms with Crippen molar-refractivity contribution in [2.45, 2.75) is 0 Å². The molecule has 0 amide bonds. The number of methoxy groups -OCH3 is 1. The van der Waals surface area contributed by atoms with E-state index < -0.39 is 0 Å². The van der Waals surface area contributed by atoms with Crippen LogP contribution in [0.3, 0.4) is 0 Å². The molecule has 0 spiro atoms. The predicted molar refractivity (Wildman–Crippen MR) is 92.6 cm³/mol. The minimum Gasteiger partial charge on any atom is -0.497 e. The number of hydrogen-bond acceptors (Lipinski definition) is 4. The minimum absolute atomic E-state index is 0.756. The van der Waals surface area contributed by atoms with Crippen LogP contribution in [0.5, 0.6) is 5.75 Å². The molecule has 20 heavy (non-hydrogen) atoms. The van der Waals surface area contributed by atoms with Crippen LogP contribution in [-0.2, 0) is 0 Å². The maximum Gasteiger partial charge on any atom is 0.210 e. The van der Waals surface area contributed by atoms with Gasteiger partial charge in [-0.05, 0) is 58.5 Å². The molecule has 0 radical (unpaired) electrons. The fraction of sp³-hybridized carbons (Fsp3) is 0.0667. The van der Waals surface area contributed by atoms with Crippen LogP contribution in [0.15, 0.2) is 47.5 Å². The zero-order chi connectivity index (χ0) is 13.9. The Morgan fingerprint density at radius 2 is 2.00 bits per heavy atom. The van der Waals surface area contributed by atoms with E-state index in [1.807, 2.05) is 36.5 Å². The second kappa shape index (κ2) is 5.88. The Hall–Kier alpha value is -1.47. The van der Waals surface area contributed by atoms with Crippen LogP contribution < -0.4 is 4.74 Å². The highest BCUT2D eigenvalue weighted by Crippen LogP contribution is 2.30. The standard InChI is InChI=1S/C15H11IN2OS/c1-19-12-6-7-13-14(8-12)20-15(18-13)17-9-10-2-4-11(16)5-3-10/h2-9H,1H3. The molecule has 5 heteroatoms. The summed E-state index contributed by atoms with van der Waals surface area (Å²) in [5.41, 5.74) is 2.02. The molecule has 0 fully saturated rings. The molecule has 0 N–H and O–H groups in total. The van der Waals surface area contributed by atoms with Gasteiger partial charge in [-0.1, -0.05) is 23.5 Å². The van der Waals surface area contributed by atoms with Crippen LogP contribution in [0, 0.1) is 3.57 Å². The van der Waals surface area contributed by atoms with Gasteiger partial charge in [-0.3, -0.25) is 0 Å². The molecule has 0 unspecified atom stereocenters. The van der Waals surface area contributed by atoms with Gasteiger partial charge in [0.2, 0.25) is 5.13 Å². The largest absolute Gasteiger partial charge is 0.497 e. The van der Waals surface area contributed by atoms with Crippen LogP contribution in [0.1, 0.15) is 5.56 Å². The molecule has 0 aliphatic carbocycles. The average molecular weight is 394 g/mol. The summed E-state index contributed by atoms with van der Waals surface area (Å²) in [7, 11) is 1.66. The molecule has 0 saturated heterocycles. The van der Waals surface area contributed by atoms with Crippen molar-refractivity contribution >= 4 is 55.5 Å². The normalized spacial score (nSPS) is 11.3. The first-order valence-corrected chi connectivity index (χ1v) is 7.88. The van der Waals surface area contributed by atoms with Gasteiger partial charge < -0.3 is 4.74 Å². The van der Waals surface area contributed by atoms with Crippen molar-refractivity contribution in [3.05, 3.63) is 51.6 Å². The Morgan fingerprint density at radius 1 is 1.20 bits per heavy atom. The summed E-state index contributed by atoms with van der Waals surface area (Å²) in [5.74, 6) is 0.842. The molecule has 0 bridgehead atoms. The Balaban J connectivity index is 1.88. The van der Waals surface area contributed by atoms with Gasteiger partial charge >= 0.3 is 0 Å². The zero-order valence-electron chi connectivity index (χ0n) is 10.7. The highest BCUT2D eigenvalue weighted by atomic mass is 127. The summed E-state index contributed by atoms with van der Waals surface area (Å²) in [4.78, 5) is 8.92. The van der Waals surface area contributed by atoms with Crippen LogP contribution >= 0.6 is 33.9 Å². The van der Waals surface area contributed by atoms with Crippen LogP contribution in [0.25, 0.3) is 10.2 Å². The van der Waals surface area contributed by atoms with E-state index in [0.29, 0.717) is 0 Å². The van der Waals surface area contributed by atoms with E-state index in [1.165, 1.54) is 3.57 Å². The van der Waals surface area contributed by atoms with Crippen LogP contribution in [0.2, 0.25) is 0 Å². The number of fused-ring (bicyclic) bond motifs is 1. The van der Waals surface area contributed by atoms with Crippen molar-refractivity contribution in [3.63, 3.8) is 0 Å². The van der Waals surface area contributed by atoms with Gasteiger partial charge in [0.05, 0.1) is 17.3 Å². The summed E-state index contributed by atoms with van der Waals surface area (Å²) in [6, 6.07) is 14.1. The van der Waals surface area contributed by atoms with Crippen LogP contribution in [-0.4, -0.2) is 18.3 Å². The van der Waals surface area contributed by atoms with E-state index in [2.05, 4.69) is 44.7 Å². The number of ether oxygens (including phenoxy) is 1. The lowest BCUT2D eigenvalue weighted by atomic mass is 10.2. The van der Waals surface area contributed by atoms with Gasteiger partial charge in [0.25, 0.3) is 0 Å². The van der Waals surface area contributed by atoms with Gasteiger partial charge in [-0.2, -0.15) is 0 Å². The van der Waals surface area contributed by atoms with Crippen molar-refractivity contribution in [1.29, 1.82) is 0 Å². The van der Waals surface area contributed by atoms with E-state index in [0.717, 1.165) is 26.7 Å². The summed E-state index contributed by atoms with van der Waals surface area (Å²) in [6.07, 6.45) is 1.84. The maximum atomic E-state index is 5.21. The molecular formula is C15H11IN2OS. The summed E-state index contributed by atoms with van der Waals surface area (Å²) >= 11 is 3.84. The fourth-order valence-electron chi connectivity index (χ4n) is 1.75. The molecule has 0 atom stereocenters. The van der Waals surface area contributed by atoms with E-state index in [4.69, 9.17) is 4.74 Å². The average Bonchev–Trinajstić information content (AvgIpc) is 2.88. The molecule has 3 nitrogen and oxygen atoms in total. The third-order valence-corrected chi connectivity index (χ3v) is 4.42. The Labute approximate surface area is 134 Å². The van der Waals surface area contributed by atoms with E-state index >= 15 is 0 Å². The monoisotopic (exact) mass is 394 g/mol. The number of aliphatic imine (C=N–C) groups is 1. The Morgan fingerprint density at radius 3 is 2.75 bits per heavy atom. The summed E-state index contributed by atoms with van der Waals surface area (Å²) in [6.45, 7) is 0. The van der Waals surface area contributed by atoms with Crippen molar-refractivity contribution in [2.24, 2.45) is 4.99 Å². The lowest BCUT2D eigenvalue weighted by molar-refractivity contribution is 0.415. The second-order valence-electron chi connectivity index (χ2n) is 4.14. The van der Waals surface area contributed by atoms with Gasteiger partial charge in [0.15, 0.2) is 0 Å². The van der Waals surface area contributed by atoms with Crippen LogP contribution in [0.4, 0.5) is 5.13 Å². The SMILES string of the molecule is COc1ccc2nc(N=Cc3ccc(I)cc3)sc2c1. The number of benzene rings is 2. The van der Waals surface area contributed by atoms with Crippen molar-refractivity contribution in [1.82, 2.24) is 4.98 Å². The molecule has 3 rings (SSSR count). The van der Waals surface area contributed by atoms with Crippen molar-refractivity contribution in [3.8, 4) is 5.75 Å². The number of rotatable bonds is 3. The van der Waals surface area contributed by atoms with Gasteiger partial charge in [0.1, 0.15) is 5.75 Å². The maximum absolute atomic E-state index is 5.21. The summed E-state index contributed by atoms with van der Waals surface area (Å²) in [5, 5.41) is 0.756. The summed E-state index contributed by atoms with van der Waals surface area (Å²) < 4.78 is 7.51. The van der Waals surface area contributed by atoms with Crippen molar-refractivity contribution in [2.75, 3.05) is 7.11 Å². The first kappa shape index (κ1) is 13.5. The third kappa shape index (κ3) is 2.99. The van der Waals surface area contributed by atoms with Gasteiger partial charge in [0, 0.05) is 9.78 Å². The molecule has 2 aromatic carbocycles. The second-order valence-corrected chi connectivity index (χ2v) is 6.39. The first-order valence-electron chi connectivity index (χ1n) is 5.99. The topological polar surface area (TPSA) is 34.5 Å². The molecule has 100 valence electrons. The number of nitrogens with zero attached hydrogens (tertiary/aromatic N) is 2. The molecule has 1 aromatic heterocycles. The molecule has 0 aliphatic heterocycles. The highest BCUT2D eigenvalue weighted by Gasteiger charge is 2.03. The molecule has 3 aromatic rings. The number of thiazole rings is 1. The highest BCUT2D eigenvalue weighted by molar-refractivity contribution is 14.1. The molecule has 0 aliphatic rings. The predicted octanol–water partition coefficient (Wildman–Crippen LogP) is 4.66. The van der Waals surface area contributed by atoms with E-state index in [1.54, 1.807) is 18.4 Å².